The van der Waals surface area contributed by atoms with Crippen LogP contribution < -0.4 is 16.4 Å². The Hall–Kier alpha value is -1.57. The molecule has 1 aromatic rings. The molecule has 7 heteroatoms. The summed E-state index contributed by atoms with van der Waals surface area (Å²) >= 11 is 1.35. The molecule has 1 rings (SSSR count). The Morgan fingerprint density at radius 2 is 2.29 bits per heavy atom. The second-order valence-corrected chi connectivity index (χ2v) is 5.33. The number of hydrogen-bond donors (Lipinski definition) is 3. The molecule has 0 spiro atoms. The molecule has 0 unspecified atom stereocenters. The first-order valence-corrected chi connectivity index (χ1v) is 7.59. The summed E-state index contributed by atoms with van der Waals surface area (Å²) in [6.07, 6.45) is 2.50. The van der Waals surface area contributed by atoms with Gasteiger partial charge >= 0.3 is 0 Å². The first-order valence-electron chi connectivity index (χ1n) is 6.78. The van der Waals surface area contributed by atoms with Gasteiger partial charge in [-0.05, 0) is 12.5 Å². The van der Waals surface area contributed by atoms with E-state index in [-0.39, 0.29) is 5.91 Å². The average Bonchev–Trinajstić information content (AvgIpc) is 2.85. The second-order valence-electron chi connectivity index (χ2n) is 4.28. The Morgan fingerprint density at radius 3 is 3.00 bits per heavy atom. The topological polar surface area (TPSA) is 85.6 Å². The summed E-state index contributed by atoms with van der Waals surface area (Å²) in [5.74, 6) is -0.173. The van der Waals surface area contributed by atoms with Gasteiger partial charge in [0.25, 0.3) is 5.91 Å². The third-order valence-corrected chi connectivity index (χ3v) is 3.68. The standard InChI is InChI=1S/C14H23N3O3S/c1-3-5-17-14(18)13-11(15)10-12(21-13)16-6-4-7-20-9-8-19-2/h3,10,16H,1,4-9,15H2,2H3,(H,17,18). The molecule has 0 saturated heterocycles. The number of nitrogen functional groups attached to an aromatic ring is 1. The molecule has 6 nitrogen and oxygen atoms in total. The number of ether oxygens (including phenoxy) is 2. The zero-order valence-electron chi connectivity index (χ0n) is 12.3. The highest BCUT2D eigenvalue weighted by atomic mass is 32.1. The van der Waals surface area contributed by atoms with E-state index in [2.05, 4.69) is 17.2 Å². The second kappa shape index (κ2) is 10.2. The number of nitrogens with two attached hydrogens (primary N) is 1. The van der Waals surface area contributed by atoms with Crippen LogP contribution in [0.5, 0.6) is 0 Å². The quantitative estimate of drug-likeness (QED) is 0.428. The van der Waals surface area contributed by atoms with E-state index in [0.717, 1.165) is 18.0 Å². The van der Waals surface area contributed by atoms with Gasteiger partial charge in [0.15, 0.2) is 0 Å². The fourth-order valence-electron chi connectivity index (χ4n) is 1.54. The molecule has 0 radical (unpaired) electrons. The normalized spacial score (nSPS) is 10.3. The number of hydrogen-bond acceptors (Lipinski definition) is 6. The van der Waals surface area contributed by atoms with Crippen LogP contribution in [-0.2, 0) is 9.47 Å². The van der Waals surface area contributed by atoms with Crippen molar-refractivity contribution in [3.8, 4) is 0 Å². The third-order valence-electron chi connectivity index (χ3n) is 2.57. The number of thiophene rings is 1. The molecular formula is C14H23N3O3S. The largest absolute Gasteiger partial charge is 0.397 e. The maximum absolute atomic E-state index is 11.8. The number of anilines is 2. The van der Waals surface area contributed by atoms with Crippen LogP contribution in [0.15, 0.2) is 18.7 Å². The molecule has 0 aliphatic rings. The molecule has 0 bridgehead atoms. The molecule has 4 N–H and O–H groups in total. The Kier molecular flexibility index (Phi) is 8.49. The van der Waals surface area contributed by atoms with Gasteiger partial charge in [-0.3, -0.25) is 4.79 Å². The monoisotopic (exact) mass is 313 g/mol. The van der Waals surface area contributed by atoms with Crippen LogP contribution in [0.25, 0.3) is 0 Å². The van der Waals surface area contributed by atoms with Gasteiger partial charge in [-0.15, -0.1) is 17.9 Å². The van der Waals surface area contributed by atoms with Crippen molar-refractivity contribution in [2.45, 2.75) is 6.42 Å². The minimum Gasteiger partial charge on any atom is -0.397 e. The van der Waals surface area contributed by atoms with E-state index in [0.29, 0.717) is 36.9 Å². The number of carbonyl (C=O) groups excluding carboxylic acids is 1. The zero-order valence-corrected chi connectivity index (χ0v) is 13.1. The van der Waals surface area contributed by atoms with Crippen molar-refractivity contribution in [3.05, 3.63) is 23.6 Å². The van der Waals surface area contributed by atoms with Gasteiger partial charge in [0.1, 0.15) is 4.88 Å². The highest BCUT2D eigenvalue weighted by Gasteiger charge is 2.13. The molecule has 0 saturated carbocycles. The number of nitrogens with one attached hydrogen (secondary N) is 2. The van der Waals surface area contributed by atoms with E-state index < -0.39 is 0 Å². The van der Waals surface area contributed by atoms with Gasteiger partial charge in [-0.25, -0.2) is 0 Å². The first kappa shape index (κ1) is 17.5. The summed E-state index contributed by atoms with van der Waals surface area (Å²) < 4.78 is 10.3. The minimum absolute atomic E-state index is 0.173. The van der Waals surface area contributed by atoms with E-state index in [1.165, 1.54) is 11.3 Å². The summed E-state index contributed by atoms with van der Waals surface area (Å²) in [7, 11) is 1.65. The van der Waals surface area contributed by atoms with Gasteiger partial charge < -0.3 is 25.8 Å². The van der Waals surface area contributed by atoms with E-state index >= 15 is 0 Å². The SMILES string of the molecule is C=CCNC(=O)c1sc(NCCCOCCOC)cc1N. The van der Waals surface area contributed by atoms with Crippen molar-refractivity contribution in [3.63, 3.8) is 0 Å². The van der Waals surface area contributed by atoms with Gasteiger partial charge in [0.2, 0.25) is 0 Å². The number of carbonyl (C=O) groups is 1. The Labute approximate surface area is 129 Å². The molecule has 1 aromatic heterocycles. The van der Waals surface area contributed by atoms with Gasteiger partial charge in [0, 0.05) is 26.8 Å². The van der Waals surface area contributed by atoms with Crippen molar-refractivity contribution in [2.75, 3.05) is 51.1 Å². The molecule has 1 heterocycles. The lowest BCUT2D eigenvalue weighted by molar-refractivity contribution is 0.0705. The van der Waals surface area contributed by atoms with E-state index in [9.17, 15) is 4.79 Å². The van der Waals surface area contributed by atoms with Crippen LogP contribution in [0.1, 0.15) is 16.1 Å². The summed E-state index contributed by atoms with van der Waals surface area (Å²) in [4.78, 5) is 12.4. The summed E-state index contributed by atoms with van der Waals surface area (Å²) in [6, 6.07) is 1.78. The fourth-order valence-corrected chi connectivity index (χ4v) is 2.47. The van der Waals surface area contributed by atoms with Crippen molar-refractivity contribution in [1.29, 1.82) is 0 Å². The van der Waals surface area contributed by atoms with Crippen LogP contribution in [-0.4, -0.2) is 45.9 Å². The number of methoxy groups -OCH3 is 1. The Morgan fingerprint density at radius 1 is 1.48 bits per heavy atom. The maximum Gasteiger partial charge on any atom is 0.263 e. The van der Waals surface area contributed by atoms with Crippen LogP contribution in [0, 0.1) is 0 Å². The highest BCUT2D eigenvalue weighted by molar-refractivity contribution is 7.18. The predicted molar refractivity (Wildman–Crippen MR) is 87.1 cm³/mol. The van der Waals surface area contributed by atoms with Gasteiger partial charge in [-0.1, -0.05) is 6.08 Å². The Bertz CT molecular complexity index is 449. The number of amides is 1. The lowest BCUT2D eigenvalue weighted by Crippen LogP contribution is -2.22. The van der Waals surface area contributed by atoms with Crippen LogP contribution >= 0.6 is 11.3 Å². The lowest BCUT2D eigenvalue weighted by Gasteiger charge is -2.04. The van der Waals surface area contributed by atoms with Crippen molar-refractivity contribution in [2.24, 2.45) is 0 Å². The van der Waals surface area contributed by atoms with Crippen LogP contribution in [0.4, 0.5) is 10.7 Å². The fraction of sp³-hybridized carbons (Fsp3) is 0.500. The molecule has 0 fully saturated rings. The number of rotatable bonds is 11. The van der Waals surface area contributed by atoms with E-state index in [1.54, 1.807) is 19.3 Å². The average molecular weight is 313 g/mol. The van der Waals surface area contributed by atoms with Crippen molar-refractivity contribution < 1.29 is 14.3 Å². The predicted octanol–water partition coefficient (Wildman–Crippen LogP) is 1.71. The molecule has 1 amide bonds. The zero-order chi connectivity index (χ0) is 15.5. The third kappa shape index (κ3) is 6.61. The van der Waals surface area contributed by atoms with Crippen LogP contribution in [0.3, 0.4) is 0 Å². The van der Waals surface area contributed by atoms with Gasteiger partial charge in [0.05, 0.1) is 23.9 Å². The minimum atomic E-state index is -0.173. The molecule has 0 atom stereocenters. The molecule has 21 heavy (non-hydrogen) atoms. The maximum atomic E-state index is 11.8. The molecule has 0 aromatic carbocycles. The first-order chi connectivity index (χ1) is 10.2. The molecule has 118 valence electrons. The molecule has 0 aliphatic carbocycles. The smallest absolute Gasteiger partial charge is 0.263 e. The van der Waals surface area contributed by atoms with E-state index in [1.807, 2.05) is 0 Å². The van der Waals surface area contributed by atoms with Crippen molar-refractivity contribution in [1.82, 2.24) is 5.32 Å². The molecular weight excluding hydrogens is 290 g/mol. The molecule has 0 aliphatic heterocycles. The van der Waals surface area contributed by atoms with E-state index in [4.69, 9.17) is 15.2 Å². The lowest BCUT2D eigenvalue weighted by atomic mass is 10.3. The Balaban J connectivity index is 2.30. The van der Waals surface area contributed by atoms with Crippen LogP contribution in [0.2, 0.25) is 0 Å². The summed E-state index contributed by atoms with van der Waals surface area (Å²) in [6.45, 7) is 6.64. The van der Waals surface area contributed by atoms with Gasteiger partial charge in [-0.2, -0.15) is 0 Å². The van der Waals surface area contributed by atoms with Crippen molar-refractivity contribution >= 4 is 27.9 Å². The highest BCUT2D eigenvalue weighted by Crippen LogP contribution is 2.28. The summed E-state index contributed by atoms with van der Waals surface area (Å²) in [5, 5.41) is 6.83. The summed E-state index contributed by atoms with van der Waals surface area (Å²) in [5.41, 5.74) is 6.33.